The first-order chi connectivity index (χ1) is 15.1. The lowest BCUT2D eigenvalue weighted by Crippen LogP contribution is -2.39. The molecule has 1 amide bonds. The van der Waals surface area contributed by atoms with Gasteiger partial charge in [-0.15, -0.1) is 0 Å². The Balaban J connectivity index is 1.45. The van der Waals surface area contributed by atoms with Gasteiger partial charge in [-0.05, 0) is 48.6 Å². The lowest BCUT2D eigenvalue weighted by Gasteiger charge is -2.30. The maximum atomic E-state index is 11.1. The third-order valence-corrected chi connectivity index (χ3v) is 5.44. The SMILES string of the molecule is Nc1ncnc(NCC2CCN(C(=O)O)CC2)c1-c1ccc(Oc2ccccc2)cc1. The molecule has 0 bridgehead atoms. The maximum absolute atomic E-state index is 11.1. The number of ether oxygens (including phenoxy) is 1. The minimum absolute atomic E-state index is 0.376. The molecule has 3 aromatic rings. The van der Waals surface area contributed by atoms with Crippen molar-refractivity contribution in [2.75, 3.05) is 30.7 Å². The van der Waals surface area contributed by atoms with E-state index >= 15 is 0 Å². The smallest absolute Gasteiger partial charge is 0.407 e. The molecule has 0 atom stereocenters. The highest BCUT2D eigenvalue weighted by atomic mass is 16.5. The number of nitrogen functional groups attached to an aromatic ring is 1. The maximum Gasteiger partial charge on any atom is 0.407 e. The van der Waals surface area contributed by atoms with Crippen molar-refractivity contribution in [1.29, 1.82) is 0 Å². The molecule has 4 N–H and O–H groups in total. The minimum Gasteiger partial charge on any atom is -0.465 e. The fourth-order valence-corrected chi connectivity index (χ4v) is 3.70. The number of hydrogen-bond donors (Lipinski definition) is 3. The number of amides is 1. The molecule has 0 saturated carbocycles. The van der Waals surface area contributed by atoms with E-state index in [1.165, 1.54) is 11.2 Å². The normalized spacial score (nSPS) is 14.3. The van der Waals surface area contributed by atoms with Gasteiger partial charge in [-0.1, -0.05) is 30.3 Å². The number of rotatable bonds is 6. The minimum atomic E-state index is -0.850. The largest absolute Gasteiger partial charge is 0.465 e. The van der Waals surface area contributed by atoms with Gasteiger partial charge in [0.25, 0.3) is 0 Å². The average molecular weight is 419 g/mol. The summed E-state index contributed by atoms with van der Waals surface area (Å²) < 4.78 is 5.86. The summed E-state index contributed by atoms with van der Waals surface area (Å²) in [6, 6.07) is 17.2. The molecule has 0 unspecified atom stereocenters. The molecule has 1 aliphatic heterocycles. The summed E-state index contributed by atoms with van der Waals surface area (Å²) >= 11 is 0. The highest BCUT2D eigenvalue weighted by Gasteiger charge is 2.22. The van der Waals surface area contributed by atoms with Crippen LogP contribution >= 0.6 is 0 Å². The van der Waals surface area contributed by atoms with Crippen LogP contribution in [0, 0.1) is 5.92 Å². The fourth-order valence-electron chi connectivity index (χ4n) is 3.70. The van der Waals surface area contributed by atoms with E-state index in [4.69, 9.17) is 15.6 Å². The summed E-state index contributed by atoms with van der Waals surface area (Å²) in [5, 5.41) is 12.5. The molecular formula is C23H25N5O3. The number of para-hydroxylation sites is 1. The van der Waals surface area contributed by atoms with Crippen LogP contribution in [0.1, 0.15) is 12.8 Å². The lowest BCUT2D eigenvalue weighted by atomic mass is 9.97. The van der Waals surface area contributed by atoms with Gasteiger partial charge in [-0.3, -0.25) is 0 Å². The Morgan fingerprint density at radius 1 is 1.06 bits per heavy atom. The number of aromatic nitrogens is 2. The summed E-state index contributed by atoms with van der Waals surface area (Å²) in [5.74, 6) is 2.94. The van der Waals surface area contributed by atoms with E-state index in [0.717, 1.165) is 35.5 Å². The van der Waals surface area contributed by atoms with Crippen LogP contribution in [0.25, 0.3) is 11.1 Å². The Kier molecular flexibility index (Phi) is 6.16. The molecule has 8 nitrogen and oxygen atoms in total. The predicted molar refractivity (Wildman–Crippen MR) is 119 cm³/mol. The topological polar surface area (TPSA) is 114 Å². The van der Waals surface area contributed by atoms with Crippen molar-refractivity contribution in [3.63, 3.8) is 0 Å². The van der Waals surface area contributed by atoms with Crippen molar-refractivity contribution >= 4 is 17.7 Å². The van der Waals surface area contributed by atoms with E-state index < -0.39 is 6.09 Å². The highest BCUT2D eigenvalue weighted by Crippen LogP contribution is 2.33. The van der Waals surface area contributed by atoms with Gasteiger partial charge in [0.2, 0.25) is 0 Å². The Bertz CT molecular complexity index is 1020. The Labute approximate surface area is 180 Å². The van der Waals surface area contributed by atoms with Gasteiger partial charge in [0, 0.05) is 19.6 Å². The monoisotopic (exact) mass is 419 g/mol. The van der Waals surface area contributed by atoms with E-state index in [9.17, 15) is 4.79 Å². The fraction of sp³-hybridized carbons (Fsp3) is 0.261. The third-order valence-electron chi connectivity index (χ3n) is 5.44. The molecule has 160 valence electrons. The second-order valence-corrected chi connectivity index (χ2v) is 7.52. The standard InChI is InChI=1S/C23H25N5O3/c24-21-20(17-6-8-19(9-7-17)31-18-4-2-1-3-5-18)22(27-15-26-21)25-14-16-10-12-28(13-11-16)23(29)30/h1-9,15-16H,10-14H2,(H,29,30)(H3,24,25,26,27). The van der Waals surface area contributed by atoms with Crippen LogP contribution in [0.3, 0.4) is 0 Å². The van der Waals surface area contributed by atoms with Crippen molar-refractivity contribution in [1.82, 2.24) is 14.9 Å². The number of nitrogens with zero attached hydrogens (tertiary/aromatic N) is 3. The number of carboxylic acid groups (broad SMARTS) is 1. The Hall–Kier alpha value is -3.81. The predicted octanol–water partition coefficient (Wildman–Crippen LogP) is 4.32. The second kappa shape index (κ2) is 9.34. The van der Waals surface area contributed by atoms with Crippen molar-refractivity contribution < 1.29 is 14.6 Å². The van der Waals surface area contributed by atoms with Crippen LogP contribution in [-0.4, -0.2) is 45.7 Å². The average Bonchev–Trinajstić information content (AvgIpc) is 2.79. The molecular weight excluding hydrogens is 394 g/mol. The second-order valence-electron chi connectivity index (χ2n) is 7.52. The van der Waals surface area contributed by atoms with Crippen LogP contribution in [0.5, 0.6) is 11.5 Å². The van der Waals surface area contributed by atoms with E-state index in [2.05, 4.69) is 15.3 Å². The molecule has 4 rings (SSSR count). The highest BCUT2D eigenvalue weighted by molar-refractivity contribution is 5.83. The zero-order valence-electron chi connectivity index (χ0n) is 17.1. The first-order valence-corrected chi connectivity index (χ1v) is 10.3. The van der Waals surface area contributed by atoms with Crippen molar-refractivity contribution in [2.45, 2.75) is 12.8 Å². The first-order valence-electron chi connectivity index (χ1n) is 10.3. The number of piperidine rings is 1. The summed E-state index contributed by atoms with van der Waals surface area (Å²) in [6.45, 7) is 1.82. The summed E-state index contributed by atoms with van der Waals surface area (Å²) in [4.78, 5) is 21.1. The molecule has 8 heteroatoms. The summed E-state index contributed by atoms with van der Waals surface area (Å²) in [5.41, 5.74) is 7.82. The number of nitrogens with two attached hydrogens (primary N) is 1. The zero-order valence-corrected chi connectivity index (χ0v) is 17.1. The number of carbonyl (C=O) groups is 1. The van der Waals surface area contributed by atoms with Gasteiger partial charge in [-0.25, -0.2) is 14.8 Å². The van der Waals surface area contributed by atoms with Gasteiger partial charge < -0.3 is 25.8 Å². The Morgan fingerprint density at radius 3 is 2.42 bits per heavy atom. The number of likely N-dealkylation sites (tertiary alicyclic amines) is 1. The van der Waals surface area contributed by atoms with Gasteiger partial charge in [0.1, 0.15) is 29.5 Å². The summed E-state index contributed by atoms with van der Waals surface area (Å²) in [6.07, 6.45) is 2.24. The van der Waals surface area contributed by atoms with E-state index in [1.807, 2.05) is 54.6 Å². The van der Waals surface area contributed by atoms with Crippen LogP contribution in [0.2, 0.25) is 0 Å². The van der Waals surface area contributed by atoms with Gasteiger partial charge in [0.15, 0.2) is 0 Å². The van der Waals surface area contributed by atoms with Crippen LogP contribution < -0.4 is 15.8 Å². The van der Waals surface area contributed by atoms with Crippen molar-refractivity contribution in [3.8, 4) is 22.6 Å². The molecule has 0 spiro atoms. The van der Waals surface area contributed by atoms with Crippen molar-refractivity contribution in [3.05, 3.63) is 60.9 Å². The summed E-state index contributed by atoms with van der Waals surface area (Å²) in [7, 11) is 0. The molecule has 2 heterocycles. The van der Waals surface area contributed by atoms with Crippen LogP contribution in [-0.2, 0) is 0 Å². The molecule has 0 radical (unpaired) electrons. The first kappa shape index (κ1) is 20.5. The van der Waals surface area contributed by atoms with Crippen molar-refractivity contribution in [2.24, 2.45) is 5.92 Å². The van der Waals surface area contributed by atoms with E-state index in [0.29, 0.717) is 37.2 Å². The molecule has 1 aliphatic rings. The number of anilines is 2. The molecule has 1 saturated heterocycles. The Morgan fingerprint density at radius 2 is 1.74 bits per heavy atom. The molecule has 31 heavy (non-hydrogen) atoms. The third kappa shape index (κ3) is 5.03. The number of benzene rings is 2. The zero-order chi connectivity index (χ0) is 21.6. The molecule has 0 aliphatic carbocycles. The molecule has 2 aromatic carbocycles. The van der Waals surface area contributed by atoms with Crippen LogP contribution in [0.4, 0.5) is 16.4 Å². The molecule has 1 fully saturated rings. The van der Waals surface area contributed by atoms with E-state index in [1.54, 1.807) is 0 Å². The number of nitrogens with one attached hydrogen (secondary N) is 1. The lowest BCUT2D eigenvalue weighted by molar-refractivity contribution is 0.126. The van der Waals surface area contributed by atoms with E-state index in [-0.39, 0.29) is 0 Å². The number of hydrogen-bond acceptors (Lipinski definition) is 6. The van der Waals surface area contributed by atoms with Crippen LogP contribution in [0.15, 0.2) is 60.9 Å². The van der Waals surface area contributed by atoms with Gasteiger partial charge >= 0.3 is 6.09 Å². The molecule has 1 aromatic heterocycles. The van der Waals surface area contributed by atoms with Gasteiger partial charge in [0.05, 0.1) is 5.56 Å². The quantitative estimate of drug-likeness (QED) is 0.545. The van der Waals surface area contributed by atoms with Gasteiger partial charge in [-0.2, -0.15) is 0 Å².